The molecule has 1 saturated heterocycles. The largest absolute Gasteiger partial charge is 0.396 e. The number of aliphatic hydroxyl groups excluding tert-OH is 1. The second kappa shape index (κ2) is 8.65. The molecule has 0 aliphatic carbocycles. The molecule has 1 aromatic heterocycles. The zero-order chi connectivity index (χ0) is 15.9. The minimum atomic E-state index is 0.271. The van der Waals surface area contributed by atoms with E-state index in [2.05, 4.69) is 40.5 Å². The van der Waals surface area contributed by atoms with E-state index < -0.39 is 0 Å². The Bertz CT molecular complexity index is 432. The van der Waals surface area contributed by atoms with E-state index in [1.807, 2.05) is 6.20 Å². The molecule has 0 aromatic carbocycles. The highest BCUT2D eigenvalue weighted by atomic mass is 16.3. The minimum absolute atomic E-state index is 0.271. The van der Waals surface area contributed by atoms with Gasteiger partial charge in [-0.25, -0.2) is 4.98 Å². The quantitative estimate of drug-likeness (QED) is 0.771. The molecule has 126 valence electrons. The fourth-order valence-corrected chi connectivity index (χ4v) is 3.36. The molecule has 2 heterocycles. The molecular formula is C17H32N4O. The van der Waals surface area contributed by atoms with E-state index in [9.17, 15) is 5.11 Å². The first-order chi connectivity index (χ1) is 10.6. The minimum Gasteiger partial charge on any atom is -0.396 e. The van der Waals surface area contributed by atoms with Crippen molar-refractivity contribution in [3.05, 3.63) is 17.7 Å². The standard InChI is InChI=1S/C17H32N4O/c1-4-5-6-17-18-11-15(19-17)12-20-8-9-21(14(2)3)16(13-20)7-10-22/h11,14,16,22H,4-10,12-13H2,1-3H3,(H,18,19)/t16-/m1/s1. The normalized spacial score (nSPS) is 20.9. The Kier molecular flexibility index (Phi) is 6.86. The van der Waals surface area contributed by atoms with Crippen LogP contribution in [-0.4, -0.2) is 63.2 Å². The molecule has 0 saturated carbocycles. The highest BCUT2D eigenvalue weighted by Crippen LogP contribution is 2.17. The number of rotatable bonds is 8. The van der Waals surface area contributed by atoms with E-state index in [1.165, 1.54) is 18.5 Å². The van der Waals surface area contributed by atoms with Crippen molar-refractivity contribution in [3.8, 4) is 0 Å². The highest BCUT2D eigenvalue weighted by molar-refractivity contribution is 5.02. The molecule has 5 nitrogen and oxygen atoms in total. The van der Waals surface area contributed by atoms with Crippen LogP contribution in [0.25, 0.3) is 0 Å². The molecule has 1 aromatic rings. The van der Waals surface area contributed by atoms with Gasteiger partial charge >= 0.3 is 0 Å². The van der Waals surface area contributed by atoms with Crippen molar-refractivity contribution in [2.45, 2.75) is 65.1 Å². The van der Waals surface area contributed by atoms with E-state index >= 15 is 0 Å². The summed E-state index contributed by atoms with van der Waals surface area (Å²) in [6, 6.07) is 1.01. The van der Waals surface area contributed by atoms with Crippen LogP contribution in [0.4, 0.5) is 0 Å². The topological polar surface area (TPSA) is 55.4 Å². The summed E-state index contributed by atoms with van der Waals surface area (Å²) < 4.78 is 0. The molecule has 0 amide bonds. The lowest BCUT2D eigenvalue weighted by atomic mass is 10.1. The summed E-state index contributed by atoms with van der Waals surface area (Å²) in [6.07, 6.45) is 6.29. The average Bonchev–Trinajstić information content (AvgIpc) is 2.93. The average molecular weight is 308 g/mol. The summed E-state index contributed by atoms with van der Waals surface area (Å²) in [6.45, 7) is 11.1. The first-order valence-corrected chi connectivity index (χ1v) is 8.75. The fourth-order valence-electron chi connectivity index (χ4n) is 3.36. The third kappa shape index (κ3) is 4.80. The number of aromatic nitrogens is 2. The Morgan fingerprint density at radius 2 is 2.23 bits per heavy atom. The van der Waals surface area contributed by atoms with Crippen LogP contribution in [0, 0.1) is 0 Å². The van der Waals surface area contributed by atoms with E-state index in [1.54, 1.807) is 0 Å². The number of unbranched alkanes of at least 4 members (excludes halogenated alkanes) is 1. The van der Waals surface area contributed by atoms with Crippen molar-refractivity contribution in [2.24, 2.45) is 0 Å². The van der Waals surface area contributed by atoms with Crippen molar-refractivity contribution in [1.29, 1.82) is 0 Å². The van der Waals surface area contributed by atoms with Gasteiger partial charge < -0.3 is 10.1 Å². The van der Waals surface area contributed by atoms with Gasteiger partial charge in [0.25, 0.3) is 0 Å². The zero-order valence-corrected chi connectivity index (χ0v) is 14.4. The molecule has 1 aliphatic rings. The van der Waals surface area contributed by atoms with Crippen LogP contribution in [0.2, 0.25) is 0 Å². The SMILES string of the molecule is CCCCc1ncc(CN2CCN(C(C)C)[C@H](CCO)C2)[nH]1. The Hall–Kier alpha value is -0.910. The Labute approximate surface area is 134 Å². The number of H-pyrrole nitrogens is 1. The number of hydrogen-bond acceptors (Lipinski definition) is 4. The number of piperazine rings is 1. The number of aliphatic hydroxyl groups is 1. The molecule has 22 heavy (non-hydrogen) atoms. The maximum atomic E-state index is 9.32. The lowest BCUT2D eigenvalue weighted by Crippen LogP contribution is -2.55. The van der Waals surface area contributed by atoms with Crippen LogP contribution >= 0.6 is 0 Å². The summed E-state index contributed by atoms with van der Waals surface area (Å²) in [7, 11) is 0. The molecule has 0 bridgehead atoms. The Morgan fingerprint density at radius 1 is 1.41 bits per heavy atom. The summed E-state index contributed by atoms with van der Waals surface area (Å²) >= 11 is 0. The monoisotopic (exact) mass is 308 g/mol. The van der Waals surface area contributed by atoms with Crippen molar-refractivity contribution in [2.75, 3.05) is 26.2 Å². The van der Waals surface area contributed by atoms with E-state index in [4.69, 9.17) is 0 Å². The second-order valence-corrected chi connectivity index (χ2v) is 6.69. The molecule has 0 radical (unpaired) electrons. The van der Waals surface area contributed by atoms with Gasteiger partial charge in [-0.15, -0.1) is 0 Å². The van der Waals surface area contributed by atoms with Gasteiger partial charge in [0, 0.05) is 63.2 Å². The van der Waals surface area contributed by atoms with Gasteiger partial charge in [-0.3, -0.25) is 9.80 Å². The van der Waals surface area contributed by atoms with Gasteiger partial charge in [0.2, 0.25) is 0 Å². The fraction of sp³-hybridized carbons (Fsp3) is 0.824. The van der Waals surface area contributed by atoms with Crippen molar-refractivity contribution >= 4 is 0 Å². The number of aromatic amines is 1. The predicted octanol–water partition coefficient (Wildman–Crippen LogP) is 2.03. The highest BCUT2D eigenvalue weighted by Gasteiger charge is 2.28. The third-order valence-corrected chi connectivity index (χ3v) is 4.58. The number of aryl methyl sites for hydroxylation is 1. The molecule has 0 unspecified atom stereocenters. The molecule has 5 heteroatoms. The molecule has 1 atom stereocenters. The Balaban J connectivity index is 1.89. The number of nitrogens with one attached hydrogen (secondary N) is 1. The first kappa shape index (κ1) is 17.4. The summed E-state index contributed by atoms with van der Waals surface area (Å²) in [5.41, 5.74) is 1.21. The maximum absolute atomic E-state index is 9.32. The van der Waals surface area contributed by atoms with Gasteiger partial charge in [-0.2, -0.15) is 0 Å². The number of nitrogens with zero attached hydrogens (tertiary/aromatic N) is 3. The van der Waals surface area contributed by atoms with Crippen molar-refractivity contribution < 1.29 is 5.11 Å². The third-order valence-electron chi connectivity index (χ3n) is 4.58. The molecule has 1 aliphatic heterocycles. The predicted molar refractivity (Wildman–Crippen MR) is 89.8 cm³/mol. The van der Waals surface area contributed by atoms with Crippen molar-refractivity contribution in [3.63, 3.8) is 0 Å². The summed E-state index contributed by atoms with van der Waals surface area (Å²) in [5, 5.41) is 9.32. The van der Waals surface area contributed by atoms with E-state index in [0.29, 0.717) is 12.1 Å². The van der Waals surface area contributed by atoms with Gasteiger partial charge in [0.05, 0.1) is 0 Å². The number of hydrogen-bond donors (Lipinski definition) is 2. The second-order valence-electron chi connectivity index (χ2n) is 6.69. The lowest BCUT2D eigenvalue weighted by Gasteiger charge is -2.43. The van der Waals surface area contributed by atoms with Crippen LogP contribution in [0.1, 0.15) is 51.6 Å². The van der Waals surface area contributed by atoms with Gasteiger partial charge in [0.1, 0.15) is 5.82 Å². The van der Waals surface area contributed by atoms with Gasteiger partial charge in [-0.1, -0.05) is 13.3 Å². The molecule has 0 spiro atoms. The number of imidazole rings is 1. The van der Waals surface area contributed by atoms with Crippen LogP contribution < -0.4 is 0 Å². The first-order valence-electron chi connectivity index (χ1n) is 8.75. The van der Waals surface area contributed by atoms with Crippen LogP contribution in [0.3, 0.4) is 0 Å². The van der Waals surface area contributed by atoms with Crippen LogP contribution in [-0.2, 0) is 13.0 Å². The van der Waals surface area contributed by atoms with Crippen LogP contribution in [0.15, 0.2) is 6.20 Å². The molecule has 2 N–H and O–H groups in total. The molecule has 2 rings (SSSR count). The summed E-state index contributed by atoms with van der Waals surface area (Å²) in [5.74, 6) is 1.12. The van der Waals surface area contributed by atoms with Gasteiger partial charge in [0.15, 0.2) is 0 Å². The van der Waals surface area contributed by atoms with E-state index in [0.717, 1.165) is 44.8 Å². The van der Waals surface area contributed by atoms with E-state index in [-0.39, 0.29) is 6.61 Å². The molecular weight excluding hydrogens is 276 g/mol. The van der Waals surface area contributed by atoms with Crippen molar-refractivity contribution in [1.82, 2.24) is 19.8 Å². The maximum Gasteiger partial charge on any atom is 0.106 e. The summed E-state index contributed by atoms with van der Waals surface area (Å²) in [4.78, 5) is 12.9. The zero-order valence-electron chi connectivity index (χ0n) is 14.4. The van der Waals surface area contributed by atoms with Gasteiger partial charge in [-0.05, 0) is 26.7 Å². The Morgan fingerprint density at radius 3 is 2.91 bits per heavy atom. The smallest absolute Gasteiger partial charge is 0.106 e. The van der Waals surface area contributed by atoms with Crippen LogP contribution in [0.5, 0.6) is 0 Å². The molecule has 1 fully saturated rings. The lowest BCUT2D eigenvalue weighted by molar-refractivity contribution is 0.0344.